The summed E-state index contributed by atoms with van der Waals surface area (Å²) in [7, 11) is 1.39. The third kappa shape index (κ3) is 4.30. The zero-order valence-electron chi connectivity index (χ0n) is 14.6. The molecule has 0 aromatic heterocycles. The fourth-order valence-electron chi connectivity index (χ4n) is 2.63. The second kappa shape index (κ2) is 8.14. The first-order chi connectivity index (χ1) is 13.1. The van der Waals surface area contributed by atoms with Gasteiger partial charge in [0.1, 0.15) is 0 Å². The quantitative estimate of drug-likeness (QED) is 0.698. The van der Waals surface area contributed by atoms with Crippen molar-refractivity contribution in [2.24, 2.45) is 0 Å². The summed E-state index contributed by atoms with van der Waals surface area (Å²) in [6, 6.07) is 20.6. The van der Waals surface area contributed by atoms with Gasteiger partial charge in [0.05, 0.1) is 5.56 Å². The lowest BCUT2D eigenvalue weighted by atomic mass is 10.1. The fourth-order valence-corrected chi connectivity index (χ4v) is 2.63. The van der Waals surface area contributed by atoms with Gasteiger partial charge in [0.15, 0.2) is 0 Å². The van der Waals surface area contributed by atoms with Crippen LogP contribution in [0.1, 0.15) is 22.0 Å². The second-order valence-corrected chi connectivity index (χ2v) is 5.83. The number of amides is 3. The SMILES string of the molecule is CNC(=O)NC(=O)C(OC(=O)c1ccc2ccccc2c1)c1ccccc1. The third-order valence-electron chi connectivity index (χ3n) is 4.01. The van der Waals surface area contributed by atoms with Gasteiger partial charge in [0.25, 0.3) is 5.91 Å². The fraction of sp³-hybridized carbons (Fsp3) is 0.0952. The van der Waals surface area contributed by atoms with Crippen molar-refractivity contribution < 1.29 is 19.1 Å². The van der Waals surface area contributed by atoms with Crippen molar-refractivity contribution in [3.8, 4) is 0 Å². The van der Waals surface area contributed by atoms with E-state index < -0.39 is 24.0 Å². The summed E-state index contributed by atoms with van der Waals surface area (Å²) >= 11 is 0. The van der Waals surface area contributed by atoms with Crippen LogP contribution in [0.15, 0.2) is 72.8 Å². The molecule has 6 nitrogen and oxygen atoms in total. The molecule has 0 spiro atoms. The van der Waals surface area contributed by atoms with Gasteiger partial charge in [-0.3, -0.25) is 10.1 Å². The number of ether oxygens (including phenoxy) is 1. The average molecular weight is 362 g/mol. The molecule has 27 heavy (non-hydrogen) atoms. The minimum atomic E-state index is -1.25. The Morgan fingerprint density at radius 3 is 2.22 bits per heavy atom. The summed E-state index contributed by atoms with van der Waals surface area (Å²) in [4.78, 5) is 36.5. The highest BCUT2D eigenvalue weighted by molar-refractivity contribution is 6.00. The monoisotopic (exact) mass is 362 g/mol. The van der Waals surface area contributed by atoms with E-state index in [4.69, 9.17) is 4.74 Å². The minimum Gasteiger partial charge on any atom is -0.444 e. The molecular formula is C21H18N2O4. The number of imide groups is 1. The Bertz CT molecular complexity index is 986. The zero-order valence-corrected chi connectivity index (χ0v) is 14.6. The predicted octanol–water partition coefficient (Wildman–Crippen LogP) is 3.19. The Kier molecular flexibility index (Phi) is 5.47. The van der Waals surface area contributed by atoms with E-state index in [1.54, 1.807) is 42.5 Å². The van der Waals surface area contributed by atoms with Crippen molar-refractivity contribution in [1.82, 2.24) is 10.6 Å². The van der Waals surface area contributed by atoms with Crippen LogP contribution in [-0.2, 0) is 9.53 Å². The minimum absolute atomic E-state index is 0.322. The van der Waals surface area contributed by atoms with E-state index in [-0.39, 0.29) is 0 Å². The highest BCUT2D eigenvalue weighted by Crippen LogP contribution is 2.22. The number of hydrogen-bond acceptors (Lipinski definition) is 4. The van der Waals surface area contributed by atoms with Crippen LogP contribution in [0.3, 0.4) is 0 Å². The Balaban J connectivity index is 1.86. The Labute approximate surface area is 156 Å². The van der Waals surface area contributed by atoms with Crippen LogP contribution in [0.4, 0.5) is 4.79 Å². The molecule has 0 saturated heterocycles. The van der Waals surface area contributed by atoms with Gasteiger partial charge in [-0.25, -0.2) is 9.59 Å². The van der Waals surface area contributed by atoms with Crippen molar-refractivity contribution in [1.29, 1.82) is 0 Å². The Hall–Kier alpha value is -3.67. The van der Waals surface area contributed by atoms with E-state index >= 15 is 0 Å². The van der Waals surface area contributed by atoms with Crippen LogP contribution in [0.25, 0.3) is 10.8 Å². The first-order valence-electron chi connectivity index (χ1n) is 8.36. The molecule has 0 radical (unpaired) electrons. The summed E-state index contributed by atoms with van der Waals surface area (Å²) in [5.74, 6) is -1.38. The standard InChI is InChI=1S/C21H18N2O4/c1-22-21(26)23-19(24)18(15-8-3-2-4-9-15)27-20(25)17-12-11-14-7-5-6-10-16(14)13-17/h2-13,18H,1H3,(H2,22,23,24,26). The van der Waals surface area contributed by atoms with Gasteiger partial charge < -0.3 is 10.1 Å². The molecule has 3 amide bonds. The van der Waals surface area contributed by atoms with Crippen molar-refractivity contribution in [2.45, 2.75) is 6.10 Å². The van der Waals surface area contributed by atoms with Crippen LogP contribution < -0.4 is 10.6 Å². The number of hydrogen-bond donors (Lipinski definition) is 2. The van der Waals surface area contributed by atoms with Crippen LogP contribution in [0.5, 0.6) is 0 Å². The van der Waals surface area contributed by atoms with E-state index in [2.05, 4.69) is 10.6 Å². The number of rotatable bonds is 4. The zero-order chi connectivity index (χ0) is 19.2. The molecule has 0 aliphatic heterocycles. The second-order valence-electron chi connectivity index (χ2n) is 5.83. The number of fused-ring (bicyclic) bond motifs is 1. The van der Waals surface area contributed by atoms with Crippen molar-refractivity contribution in [3.63, 3.8) is 0 Å². The van der Waals surface area contributed by atoms with Gasteiger partial charge in [-0.1, -0.05) is 60.7 Å². The normalized spacial score (nSPS) is 11.4. The van der Waals surface area contributed by atoms with Gasteiger partial charge in [0, 0.05) is 12.6 Å². The molecule has 1 atom stereocenters. The number of nitrogens with one attached hydrogen (secondary N) is 2. The number of esters is 1. The van der Waals surface area contributed by atoms with E-state index in [0.717, 1.165) is 10.8 Å². The lowest BCUT2D eigenvalue weighted by molar-refractivity contribution is -0.129. The van der Waals surface area contributed by atoms with E-state index in [0.29, 0.717) is 11.1 Å². The van der Waals surface area contributed by atoms with Crippen molar-refractivity contribution >= 4 is 28.7 Å². The topological polar surface area (TPSA) is 84.5 Å². The maximum Gasteiger partial charge on any atom is 0.339 e. The first kappa shape index (κ1) is 18.1. The maximum absolute atomic E-state index is 12.6. The molecule has 1 unspecified atom stereocenters. The molecule has 3 rings (SSSR count). The molecule has 0 bridgehead atoms. The van der Waals surface area contributed by atoms with E-state index in [9.17, 15) is 14.4 Å². The number of urea groups is 1. The van der Waals surface area contributed by atoms with Crippen LogP contribution >= 0.6 is 0 Å². The number of carbonyl (C=O) groups is 3. The molecule has 0 saturated carbocycles. The van der Waals surface area contributed by atoms with Crippen LogP contribution in [0.2, 0.25) is 0 Å². The first-order valence-corrected chi connectivity index (χ1v) is 8.36. The summed E-state index contributed by atoms with van der Waals surface area (Å²) in [5.41, 5.74) is 0.787. The molecule has 2 N–H and O–H groups in total. The molecule has 3 aromatic carbocycles. The van der Waals surface area contributed by atoms with Gasteiger partial charge >= 0.3 is 12.0 Å². The van der Waals surface area contributed by atoms with E-state index in [1.165, 1.54) is 7.05 Å². The summed E-state index contributed by atoms with van der Waals surface area (Å²) < 4.78 is 5.45. The molecule has 0 fully saturated rings. The van der Waals surface area contributed by atoms with Crippen molar-refractivity contribution in [3.05, 3.63) is 83.9 Å². The lowest BCUT2D eigenvalue weighted by Gasteiger charge is -2.17. The Morgan fingerprint density at radius 2 is 1.52 bits per heavy atom. The molecule has 0 aliphatic carbocycles. The smallest absolute Gasteiger partial charge is 0.339 e. The van der Waals surface area contributed by atoms with Crippen LogP contribution in [0, 0.1) is 0 Å². The molecule has 6 heteroatoms. The summed E-state index contributed by atoms with van der Waals surface area (Å²) in [6.45, 7) is 0. The molecule has 0 aliphatic rings. The number of carbonyl (C=O) groups excluding carboxylic acids is 3. The van der Waals surface area contributed by atoms with Crippen LogP contribution in [-0.4, -0.2) is 25.0 Å². The predicted molar refractivity (Wildman–Crippen MR) is 101 cm³/mol. The van der Waals surface area contributed by atoms with Gasteiger partial charge in [0.2, 0.25) is 6.10 Å². The van der Waals surface area contributed by atoms with Gasteiger partial charge in [-0.15, -0.1) is 0 Å². The third-order valence-corrected chi connectivity index (χ3v) is 4.01. The average Bonchev–Trinajstić information content (AvgIpc) is 2.71. The highest BCUT2D eigenvalue weighted by Gasteiger charge is 2.27. The summed E-state index contributed by atoms with van der Waals surface area (Å²) in [5, 5.41) is 6.32. The molecule has 3 aromatic rings. The summed E-state index contributed by atoms with van der Waals surface area (Å²) in [6.07, 6.45) is -1.25. The molecule has 136 valence electrons. The number of benzene rings is 3. The largest absolute Gasteiger partial charge is 0.444 e. The maximum atomic E-state index is 12.6. The van der Waals surface area contributed by atoms with Crippen molar-refractivity contribution in [2.75, 3.05) is 7.05 Å². The van der Waals surface area contributed by atoms with Gasteiger partial charge in [-0.2, -0.15) is 0 Å². The Morgan fingerprint density at radius 1 is 0.852 bits per heavy atom. The highest BCUT2D eigenvalue weighted by atomic mass is 16.5. The lowest BCUT2D eigenvalue weighted by Crippen LogP contribution is -2.41. The molecule has 0 heterocycles. The van der Waals surface area contributed by atoms with E-state index in [1.807, 2.05) is 30.3 Å². The molecular weight excluding hydrogens is 344 g/mol. The van der Waals surface area contributed by atoms with Gasteiger partial charge in [-0.05, 0) is 22.9 Å².